The number of benzene rings is 1. The van der Waals surface area contributed by atoms with Crippen LogP contribution < -0.4 is 10.1 Å². The van der Waals surface area contributed by atoms with Gasteiger partial charge in [-0.3, -0.25) is 4.21 Å². The van der Waals surface area contributed by atoms with Gasteiger partial charge in [0.15, 0.2) is 11.6 Å². The van der Waals surface area contributed by atoms with Crippen LogP contribution in [0.25, 0.3) is 0 Å². The van der Waals surface area contributed by atoms with E-state index in [4.69, 9.17) is 4.74 Å². The molecule has 1 aromatic carbocycles. The van der Waals surface area contributed by atoms with E-state index in [1.807, 2.05) is 6.92 Å². The summed E-state index contributed by atoms with van der Waals surface area (Å²) in [7, 11) is -0.858. The summed E-state index contributed by atoms with van der Waals surface area (Å²) in [5.74, 6) is 1.14. The number of rotatable bonds is 4. The summed E-state index contributed by atoms with van der Waals surface area (Å²) >= 11 is 0. The third-order valence-corrected chi connectivity index (χ3v) is 5.20. The van der Waals surface area contributed by atoms with Gasteiger partial charge in [0.2, 0.25) is 0 Å². The molecule has 2 rings (SSSR count). The number of hydrogen-bond donors (Lipinski definition) is 1. The molecule has 1 aromatic rings. The molecule has 1 saturated heterocycles. The van der Waals surface area contributed by atoms with Crippen molar-refractivity contribution in [2.75, 3.05) is 31.2 Å². The molecule has 2 atom stereocenters. The third kappa shape index (κ3) is 5.20. The molecule has 0 spiro atoms. The van der Waals surface area contributed by atoms with Crippen molar-refractivity contribution in [3.05, 3.63) is 29.6 Å². The Bertz CT molecular complexity index is 582. The second-order valence-electron chi connectivity index (χ2n) is 5.72. The minimum Gasteiger partial charge on any atom is -0.491 e. The molecule has 1 fully saturated rings. The molecule has 1 aliphatic heterocycles. The molecule has 1 N–H and O–H groups in total. The van der Waals surface area contributed by atoms with Crippen molar-refractivity contribution in [2.24, 2.45) is 5.92 Å². The summed E-state index contributed by atoms with van der Waals surface area (Å²) in [4.78, 5) is 13.9. The number of urea groups is 1. The molecule has 0 aromatic heterocycles. The molecule has 7 heteroatoms. The maximum atomic E-state index is 13.8. The van der Waals surface area contributed by atoms with E-state index in [9.17, 15) is 13.4 Å². The van der Waals surface area contributed by atoms with Gasteiger partial charge in [-0.15, -0.1) is 0 Å². The highest BCUT2D eigenvalue weighted by Crippen LogP contribution is 2.18. The predicted molar refractivity (Wildman–Crippen MR) is 88.4 cm³/mol. The standard InChI is InChI=1S/C16H23FN2O3S/c1-3-22-15-5-4-13(8-14(15)17)9-18-16(20)19-6-7-23(21)11-12(2)10-19/h4-5,8,12H,3,6-7,9-11H2,1-2H3,(H,18,20). The second kappa shape index (κ2) is 8.29. The first kappa shape index (κ1) is 17.7. The average Bonchev–Trinajstić information content (AvgIpc) is 2.68. The van der Waals surface area contributed by atoms with Crippen molar-refractivity contribution >= 4 is 16.8 Å². The topological polar surface area (TPSA) is 58.6 Å². The number of hydrogen-bond acceptors (Lipinski definition) is 3. The van der Waals surface area contributed by atoms with Gasteiger partial charge < -0.3 is 15.0 Å². The fourth-order valence-electron chi connectivity index (χ4n) is 2.53. The van der Waals surface area contributed by atoms with Crippen molar-refractivity contribution in [1.82, 2.24) is 10.2 Å². The van der Waals surface area contributed by atoms with E-state index in [-0.39, 0.29) is 24.2 Å². The predicted octanol–water partition coefficient (Wildman–Crippen LogP) is 2.13. The highest BCUT2D eigenvalue weighted by Gasteiger charge is 2.22. The zero-order chi connectivity index (χ0) is 16.8. The van der Waals surface area contributed by atoms with E-state index in [1.54, 1.807) is 24.0 Å². The Morgan fingerprint density at radius 1 is 1.52 bits per heavy atom. The lowest BCUT2D eigenvalue weighted by Gasteiger charge is -2.22. The number of amides is 2. The van der Waals surface area contributed by atoms with Gasteiger partial charge in [0, 0.05) is 41.9 Å². The fourth-order valence-corrected chi connectivity index (χ4v) is 3.86. The molecule has 2 amide bonds. The van der Waals surface area contributed by atoms with Crippen LogP contribution in [0.15, 0.2) is 18.2 Å². The minimum atomic E-state index is -0.858. The van der Waals surface area contributed by atoms with Crippen LogP contribution in [0, 0.1) is 11.7 Å². The molecule has 0 aliphatic carbocycles. The highest BCUT2D eigenvalue weighted by molar-refractivity contribution is 7.85. The van der Waals surface area contributed by atoms with Gasteiger partial charge in [0.25, 0.3) is 0 Å². The molecule has 2 unspecified atom stereocenters. The van der Waals surface area contributed by atoms with E-state index in [0.29, 0.717) is 36.8 Å². The van der Waals surface area contributed by atoms with Crippen LogP contribution in [0.5, 0.6) is 5.75 Å². The van der Waals surface area contributed by atoms with Crippen molar-refractivity contribution in [3.8, 4) is 5.75 Å². The highest BCUT2D eigenvalue weighted by atomic mass is 32.2. The van der Waals surface area contributed by atoms with Crippen LogP contribution in [-0.4, -0.2) is 46.3 Å². The summed E-state index contributed by atoms with van der Waals surface area (Å²) in [5, 5.41) is 2.79. The van der Waals surface area contributed by atoms with Gasteiger partial charge in [0.1, 0.15) is 0 Å². The number of carbonyl (C=O) groups excluding carboxylic acids is 1. The molecular formula is C16H23FN2O3S. The van der Waals surface area contributed by atoms with Crippen LogP contribution in [0.4, 0.5) is 9.18 Å². The first-order valence-electron chi connectivity index (χ1n) is 7.78. The smallest absolute Gasteiger partial charge is 0.317 e. The fraction of sp³-hybridized carbons (Fsp3) is 0.562. The SMILES string of the molecule is CCOc1ccc(CNC(=O)N2CCS(=O)CC(C)C2)cc1F. The number of halogens is 1. The summed E-state index contributed by atoms with van der Waals surface area (Å²) in [5.41, 5.74) is 0.672. The van der Waals surface area contributed by atoms with Crippen LogP contribution in [0.1, 0.15) is 19.4 Å². The molecule has 128 valence electrons. The minimum absolute atomic E-state index is 0.204. The lowest BCUT2D eigenvalue weighted by molar-refractivity contribution is 0.195. The Morgan fingerprint density at radius 3 is 3.00 bits per heavy atom. The van der Waals surface area contributed by atoms with E-state index >= 15 is 0 Å². The van der Waals surface area contributed by atoms with E-state index in [2.05, 4.69) is 5.32 Å². The zero-order valence-electron chi connectivity index (χ0n) is 13.5. The Balaban J connectivity index is 1.91. The largest absolute Gasteiger partial charge is 0.491 e. The Kier molecular flexibility index (Phi) is 6.38. The Morgan fingerprint density at radius 2 is 2.30 bits per heavy atom. The Labute approximate surface area is 138 Å². The van der Waals surface area contributed by atoms with E-state index < -0.39 is 16.6 Å². The average molecular weight is 342 g/mol. The van der Waals surface area contributed by atoms with Gasteiger partial charge >= 0.3 is 6.03 Å². The lowest BCUT2D eigenvalue weighted by Crippen LogP contribution is -2.42. The van der Waals surface area contributed by atoms with Gasteiger partial charge in [-0.2, -0.15) is 0 Å². The first-order valence-corrected chi connectivity index (χ1v) is 9.27. The molecular weight excluding hydrogens is 319 g/mol. The maximum Gasteiger partial charge on any atom is 0.317 e. The van der Waals surface area contributed by atoms with Gasteiger partial charge in [-0.1, -0.05) is 13.0 Å². The molecule has 5 nitrogen and oxygen atoms in total. The summed E-state index contributed by atoms with van der Waals surface area (Å²) < 4.78 is 30.6. The molecule has 23 heavy (non-hydrogen) atoms. The second-order valence-corrected chi connectivity index (χ2v) is 7.34. The zero-order valence-corrected chi connectivity index (χ0v) is 14.3. The van der Waals surface area contributed by atoms with Gasteiger partial charge in [-0.05, 0) is 30.5 Å². The van der Waals surface area contributed by atoms with Crippen LogP contribution >= 0.6 is 0 Å². The van der Waals surface area contributed by atoms with Crippen molar-refractivity contribution in [3.63, 3.8) is 0 Å². The van der Waals surface area contributed by atoms with E-state index in [0.717, 1.165) is 0 Å². The van der Waals surface area contributed by atoms with Crippen molar-refractivity contribution < 1.29 is 18.1 Å². The van der Waals surface area contributed by atoms with Gasteiger partial charge in [-0.25, -0.2) is 9.18 Å². The lowest BCUT2D eigenvalue weighted by atomic mass is 10.2. The van der Waals surface area contributed by atoms with Crippen LogP contribution in [-0.2, 0) is 17.3 Å². The van der Waals surface area contributed by atoms with Crippen molar-refractivity contribution in [2.45, 2.75) is 20.4 Å². The number of nitrogens with zero attached hydrogens (tertiary/aromatic N) is 1. The molecule has 1 heterocycles. The number of carbonyl (C=O) groups is 1. The quantitative estimate of drug-likeness (QED) is 0.912. The summed E-state index contributed by atoms with van der Waals surface area (Å²) in [6, 6.07) is 4.46. The summed E-state index contributed by atoms with van der Waals surface area (Å²) in [6.45, 7) is 5.52. The van der Waals surface area contributed by atoms with E-state index in [1.165, 1.54) is 6.07 Å². The van der Waals surface area contributed by atoms with Gasteiger partial charge in [0.05, 0.1) is 6.61 Å². The molecule has 1 aliphatic rings. The molecule has 0 bridgehead atoms. The van der Waals surface area contributed by atoms with Crippen LogP contribution in [0.2, 0.25) is 0 Å². The maximum absolute atomic E-state index is 13.8. The van der Waals surface area contributed by atoms with Crippen LogP contribution in [0.3, 0.4) is 0 Å². The monoisotopic (exact) mass is 342 g/mol. The third-order valence-electron chi connectivity index (χ3n) is 3.62. The normalized spacial score (nSPS) is 21.6. The molecule has 0 saturated carbocycles. The van der Waals surface area contributed by atoms with Crippen molar-refractivity contribution in [1.29, 1.82) is 0 Å². The summed E-state index contributed by atoms with van der Waals surface area (Å²) in [6.07, 6.45) is 0. The number of nitrogens with one attached hydrogen (secondary N) is 1. The number of ether oxygens (including phenoxy) is 1. The first-order chi connectivity index (χ1) is 11.0. The Hall–Kier alpha value is -1.63. The molecule has 0 radical (unpaired) electrons.